The molecular formula is C20H19N2O3S2-. The van der Waals surface area contributed by atoms with Crippen LogP contribution in [-0.4, -0.2) is 20.8 Å². The first-order chi connectivity index (χ1) is 13.0. The Labute approximate surface area is 165 Å². The molecule has 0 aliphatic heterocycles. The first-order valence-electron chi connectivity index (χ1n) is 8.97. The fraction of sp³-hybridized carbons (Fsp3) is 0.350. The number of carboxylic acids is 1. The van der Waals surface area contributed by atoms with Gasteiger partial charge in [-0.1, -0.05) is 23.9 Å². The number of carbonyl (C=O) groups excluding carboxylic acids is 1. The highest BCUT2D eigenvalue weighted by Crippen LogP contribution is 2.35. The van der Waals surface area contributed by atoms with Crippen molar-refractivity contribution >= 4 is 39.3 Å². The molecule has 0 saturated heterocycles. The minimum Gasteiger partial charge on any atom is -0.549 e. The molecular weight excluding hydrogens is 380 g/mol. The van der Waals surface area contributed by atoms with Crippen molar-refractivity contribution in [2.24, 2.45) is 0 Å². The zero-order valence-electron chi connectivity index (χ0n) is 15.2. The minimum atomic E-state index is -1.17. The topological polar surface area (TPSA) is 75.0 Å². The molecule has 0 N–H and O–H groups in total. The number of aliphatic carboxylic acids is 1. The Morgan fingerprint density at radius 2 is 2.11 bits per heavy atom. The Hall–Kier alpha value is -2.12. The number of benzene rings is 1. The number of hydrogen-bond donors (Lipinski definition) is 0. The molecule has 3 aromatic rings. The van der Waals surface area contributed by atoms with Crippen molar-refractivity contribution in [3.8, 4) is 5.69 Å². The molecule has 2 heterocycles. The quantitative estimate of drug-likeness (QED) is 0.498. The molecule has 5 nitrogen and oxygen atoms in total. The number of aromatic nitrogens is 2. The number of nitrogens with zero attached hydrogens (tertiary/aromatic N) is 2. The van der Waals surface area contributed by atoms with Crippen LogP contribution in [0.4, 0.5) is 0 Å². The predicted octanol–water partition coefficient (Wildman–Crippen LogP) is 2.86. The van der Waals surface area contributed by atoms with E-state index in [1.54, 1.807) is 22.8 Å². The summed E-state index contributed by atoms with van der Waals surface area (Å²) < 4.78 is 1.56. The normalized spacial score (nSPS) is 14.9. The van der Waals surface area contributed by atoms with Gasteiger partial charge in [0, 0.05) is 10.1 Å². The Bertz CT molecular complexity index is 1100. The zero-order valence-corrected chi connectivity index (χ0v) is 16.8. The van der Waals surface area contributed by atoms with Gasteiger partial charge in [-0.05, 0) is 62.8 Å². The van der Waals surface area contributed by atoms with Gasteiger partial charge >= 0.3 is 0 Å². The molecule has 4 rings (SSSR count). The smallest absolute Gasteiger partial charge is 0.267 e. The van der Waals surface area contributed by atoms with Crippen LogP contribution in [0.1, 0.15) is 35.8 Å². The van der Waals surface area contributed by atoms with Gasteiger partial charge in [0.25, 0.3) is 5.56 Å². The third kappa shape index (κ3) is 3.30. The average molecular weight is 400 g/mol. The van der Waals surface area contributed by atoms with Crippen molar-refractivity contribution < 1.29 is 9.90 Å². The maximum atomic E-state index is 13.5. The van der Waals surface area contributed by atoms with E-state index < -0.39 is 11.2 Å². The van der Waals surface area contributed by atoms with Crippen molar-refractivity contribution in [2.75, 3.05) is 0 Å². The molecule has 2 aromatic heterocycles. The van der Waals surface area contributed by atoms with Crippen LogP contribution in [0, 0.1) is 6.92 Å². The van der Waals surface area contributed by atoms with E-state index >= 15 is 0 Å². The van der Waals surface area contributed by atoms with E-state index in [-0.39, 0.29) is 5.56 Å². The van der Waals surface area contributed by atoms with Gasteiger partial charge in [0.1, 0.15) is 4.83 Å². The summed E-state index contributed by atoms with van der Waals surface area (Å²) in [7, 11) is 0. The number of aryl methyl sites for hydroxylation is 3. The van der Waals surface area contributed by atoms with Crippen LogP contribution in [0.15, 0.2) is 34.2 Å². The highest BCUT2D eigenvalue weighted by molar-refractivity contribution is 8.00. The second-order valence-electron chi connectivity index (χ2n) is 6.84. The van der Waals surface area contributed by atoms with E-state index in [1.807, 2.05) is 31.2 Å². The van der Waals surface area contributed by atoms with E-state index in [4.69, 9.17) is 4.98 Å². The van der Waals surface area contributed by atoms with Crippen LogP contribution in [0.3, 0.4) is 0 Å². The molecule has 0 bridgehead atoms. The third-order valence-electron chi connectivity index (χ3n) is 4.83. The highest BCUT2D eigenvalue weighted by Gasteiger charge is 2.23. The van der Waals surface area contributed by atoms with Crippen LogP contribution in [0.25, 0.3) is 15.9 Å². The molecule has 0 fully saturated rings. The summed E-state index contributed by atoms with van der Waals surface area (Å²) in [5.74, 6) is -1.17. The molecule has 1 aliphatic rings. The van der Waals surface area contributed by atoms with E-state index in [1.165, 1.54) is 4.88 Å². The van der Waals surface area contributed by atoms with Crippen LogP contribution < -0.4 is 10.7 Å². The number of fused-ring (bicyclic) bond motifs is 3. The second kappa shape index (κ2) is 7.13. The van der Waals surface area contributed by atoms with Crippen molar-refractivity contribution in [3.63, 3.8) is 0 Å². The van der Waals surface area contributed by atoms with Crippen LogP contribution >= 0.6 is 23.1 Å². The van der Waals surface area contributed by atoms with Crippen molar-refractivity contribution in [1.29, 1.82) is 0 Å². The summed E-state index contributed by atoms with van der Waals surface area (Å²) in [6.07, 6.45) is 4.11. The van der Waals surface area contributed by atoms with Crippen molar-refractivity contribution in [2.45, 2.75) is 49.9 Å². The Morgan fingerprint density at radius 1 is 1.33 bits per heavy atom. The number of thioether (sulfide) groups is 1. The lowest BCUT2D eigenvalue weighted by Crippen LogP contribution is -2.32. The molecule has 7 heteroatoms. The lowest BCUT2D eigenvalue weighted by atomic mass is 9.97. The molecule has 140 valence electrons. The predicted molar refractivity (Wildman–Crippen MR) is 107 cm³/mol. The Kier molecular flexibility index (Phi) is 4.82. The van der Waals surface area contributed by atoms with Crippen LogP contribution in [0.2, 0.25) is 0 Å². The highest BCUT2D eigenvalue weighted by atomic mass is 32.2. The number of rotatable bonds is 4. The summed E-state index contributed by atoms with van der Waals surface area (Å²) in [6, 6.07) is 7.63. The molecule has 0 spiro atoms. The van der Waals surface area contributed by atoms with Crippen LogP contribution in [-0.2, 0) is 17.6 Å². The molecule has 1 aromatic carbocycles. The van der Waals surface area contributed by atoms with E-state index in [9.17, 15) is 14.7 Å². The number of hydrogen-bond acceptors (Lipinski definition) is 6. The fourth-order valence-corrected chi connectivity index (χ4v) is 5.63. The Morgan fingerprint density at radius 3 is 2.85 bits per heavy atom. The van der Waals surface area contributed by atoms with Crippen molar-refractivity contribution in [1.82, 2.24) is 9.55 Å². The van der Waals surface area contributed by atoms with Crippen molar-refractivity contribution in [3.05, 3.63) is 50.6 Å². The zero-order chi connectivity index (χ0) is 19.1. The number of carboxylic acid groups (broad SMARTS) is 1. The lowest BCUT2D eigenvalue weighted by molar-refractivity contribution is -0.304. The van der Waals surface area contributed by atoms with Gasteiger partial charge in [0.05, 0.1) is 17.0 Å². The minimum absolute atomic E-state index is 0.113. The first-order valence-corrected chi connectivity index (χ1v) is 10.7. The number of thiophene rings is 1. The molecule has 27 heavy (non-hydrogen) atoms. The third-order valence-corrected chi connectivity index (χ3v) is 7.05. The van der Waals surface area contributed by atoms with Gasteiger partial charge in [0.15, 0.2) is 5.16 Å². The molecule has 1 aliphatic carbocycles. The van der Waals surface area contributed by atoms with Crippen LogP contribution in [0.5, 0.6) is 0 Å². The maximum absolute atomic E-state index is 13.5. The standard InChI is InChI=1S/C20H20N2O3S2/c1-11-6-5-7-13(10-11)22-18(23)16-14-8-3-4-9-15(14)27-17(16)21-20(22)26-12(2)19(24)25/h5-7,10,12H,3-4,8-9H2,1-2H3,(H,24,25)/p-1/t12-/m0/s1. The SMILES string of the molecule is Cc1cccc(-n2c(S[C@@H](C)C(=O)[O-])nc3sc4c(c3c2=O)CCCC4)c1. The van der Waals surface area contributed by atoms with Gasteiger partial charge in [-0.3, -0.25) is 9.36 Å². The van der Waals surface area contributed by atoms with Gasteiger partial charge in [-0.2, -0.15) is 0 Å². The summed E-state index contributed by atoms with van der Waals surface area (Å²) in [4.78, 5) is 31.4. The summed E-state index contributed by atoms with van der Waals surface area (Å²) >= 11 is 2.62. The molecule has 0 unspecified atom stereocenters. The first kappa shape index (κ1) is 18.3. The molecule has 0 radical (unpaired) electrons. The number of carbonyl (C=O) groups is 1. The van der Waals surface area contributed by atoms with Gasteiger partial charge in [-0.15, -0.1) is 11.3 Å². The largest absolute Gasteiger partial charge is 0.549 e. The van der Waals surface area contributed by atoms with Gasteiger partial charge in [0.2, 0.25) is 0 Å². The average Bonchev–Trinajstić information content (AvgIpc) is 3.00. The summed E-state index contributed by atoms with van der Waals surface area (Å²) in [6.45, 7) is 3.51. The Balaban J connectivity index is 2.00. The summed E-state index contributed by atoms with van der Waals surface area (Å²) in [5, 5.41) is 11.6. The van der Waals surface area contributed by atoms with Gasteiger partial charge in [-0.25, -0.2) is 4.98 Å². The second-order valence-corrected chi connectivity index (χ2v) is 9.24. The monoisotopic (exact) mass is 399 g/mol. The molecule has 0 saturated carbocycles. The molecule has 1 atom stereocenters. The van der Waals surface area contributed by atoms with E-state index in [0.29, 0.717) is 21.1 Å². The van der Waals surface area contributed by atoms with Gasteiger partial charge < -0.3 is 9.90 Å². The maximum Gasteiger partial charge on any atom is 0.267 e. The fourth-order valence-electron chi connectivity index (χ4n) is 3.47. The van der Waals surface area contributed by atoms with E-state index in [2.05, 4.69) is 0 Å². The summed E-state index contributed by atoms with van der Waals surface area (Å²) in [5.41, 5.74) is 2.75. The van der Waals surface area contributed by atoms with E-state index in [0.717, 1.165) is 48.6 Å². The molecule has 0 amide bonds. The lowest BCUT2D eigenvalue weighted by Gasteiger charge is -2.17.